The van der Waals surface area contributed by atoms with Crippen molar-refractivity contribution in [1.82, 2.24) is 15.1 Å². The summed E-state index contributed by atoms with van der Waals surface area (Å²) in [5, 5.41) is 17.1. The highest BCUT2D eigenvalue weighted by Gasteiger charge is 2.54. The van der Waals surface area contributed by atoms with Crippen LogP contribution in [-0.4, -0.2) is 65.3 Å². The second-order valence-electron chi connectivity index (χ2n) is 12.4. The predicted octanol–water partition coefficient (Wildman–Crippen LogP) is 6.18. The van der Waals surface area contributed by atoms with Crippen molar-refractivity contribution in [3.8, 4) is 0 Å². The van der Waals surface area contributed by atoms with E-state index in [9.17, 15) is 14.3 Å². The van der Waals surface area contributed by atoms with E-state index in [1.165, 1.54) is 34.0 Å². The molecule has 1 aliphatic carbocycles. The predicted molar refractivity (Wildman–Crippen MR) is 185 cm³/mol. The van der Waals surface area contributed by atoms with Crippen LogP contribution in [0, 0.1) is 5.82 Å². The molecule has 2 aliphatic heterocycles. The lowest BCUT2D eigenvalue weighted by molar-refractivity contribution is -0.135. The van der Waals surface area contributed by atoms with Crippen LogP contribution in [0.25, 0.3) is 10.8 Å². The summed E-state index contributed by atoms with van der Waals surface area (Å²) in [6.45, 7) is 4.67. The SMILES string of the molecule is C.C[C@@H](NC[C@@H](O)CN1CN(c2ccc(F)cc2)C2(CCN([C@H]3Cc4cccc5cccc3c45)CC2)C1=O)c1ccccc1.S. The first-order chi connectivity index (χ1) is 20.9. The van der Waals surface area contributed by atoms with Gasteiger partial charge in [0.1, 0.15) is 11.4 Å². The molecule has 3 atom stereocenters. The lowest BCUT2D eigenvalue weighted by Crippen LogP contribution is -2.57. The van der Waals surface area contributed by atoms with Gasteiger partial charge in [0.05, 0.1) is 12.8 Å². The van der Waals surface area contributed by atoms with Crippen LogP contribution >= 0.6 is 13.5 Å². The molecule has 2 saturated heterocycles. The Morgan fingerprint density at radius 1 is 0.956 bits per heavy atom. The van der Waals surface area contributed by atoms with E-state index in [2.05, 4.69) is 70.6 Å². The quantitative estimate of drug-likeness (QED) is 0.244. The van der Waals surface area contributed by atoms with Crippen molar-refractivity contribution in [3.63, 3.8) is 0 Å². The zero-order chi connectivity index (χ0) is 29.6. The molecule has 0 aromatic heterocycles. The van der Waals surface area contributed by atoms with Crippen molar-refractivity contribution in [2.24, 2.45) is 0 Å². The molecule has 0 unspecified atom stereocenters. The molecule has 2 N–H and O–H groups in total. The third-order valence-electron chi connectivity index (χ3n) is 9.90. The number of halogens is 1. The number of nitrogens with zero attached hydrogens (tertiary/aromatic N) is 3. The molecule has 3 aliphatic rings. The van der Waals surface area contributed by atoms with Gasteiger partial charge in [-0.3, -0.25) is 9.69 Å². The maximum Gasteiger partial charge on any atom is 0.250 e. The van der Waals surface area contributed by atoms with Gasteiger partial charge in [-0.25, -0.2) is 4.39 Å². The van der Waals surface area contributed by atoms with E-state index in [4.69, 9.17) is 0 Å². The van der Waals surface area contributed by atoms with Gasteiger partial charge in [-0.05, 0) is 77.9 Å². The van der Waals surface area contributed by atoms with E-state index in [1.54, 1.807) is 17.0 Å². The molecule has 0 saturated carbocycles. The number of β-amino-alcohol motifs (C(OH)–C–C–N with tert-alkyl or cyclic N) is 1. The molecular formula is C37H45FN4O2S. The maximum absolute atomic E-state index is 14.2. The number of amides is 1. The van der Waals surface area contributed by atoms with Gasteiger partial charge in [-0.15, -0.1) is 0 Å². The van der Waals surface area contributed by atoms with Crippen molar-refractivity contribution in [2.75, 3.05) is 37.7 Å². The van der Waals surface area contributed by atoms with Gasteiger partial charge in [0.15, 0.2) is 0 Å². The summed E-state index contributed by atoms with van der Waals surface area (Å²) in [4.78, 5) is 20.7. The first-order valence-electron chi connectivity index (χ1n) is 15.5. The van der Waals surface area contributed by atoms with Crippen LogP contribution in [0.3, 0.4) is 0 Å². The van der Waals surface area contributed by atoms with Crippen LogP contribution in [0.4, 0.5) is 10.1 Å². The van der Waals surface area contributed by atoms with Crippen LogP contribution in [-0.2, 0) is 11.2 Å². The van der Waals surface area contributed by atoms with Gasteiger partial charge < -0.3 is 20.2 Å². The Hall–Kier alpha value is -3.43. The fourth-order valence-electron chi connectivity index (χ4n) is 7.59. The Balaban J connectivity index is 0.00000200. The minimum absolute atomic E-state index is 0. The van der Waals surface area contributed by atoms with Crippen LogP contribution in [0.5, 0.6) is 0 Å². The monoisotopic (exact) mass is 628 g/mol. The lowest BCUT2D eigenvalue weighted by Gasteiger charge is -2.45. The Morgan fingerprint density at radius 3 is 2.36 bits per heavy atom. The third-order valence-corrected chi connectivity index (χ3v) is 9.90. The van der Waals surface area contributed by atoms with Crippen LogP contribution in [0.15, 0.2) is 91.0 Å². The average Bonchev–Trinajstić information content (AvgIpc) is 3.54. The number of rotatable bonds is 8. The standard InChI is InChI=1S/C36H39FN4O2.CH4.H2S/c1-25(26-7-3-2-4-8-26)38-22-31(42)23-40-24-41(30-15-13-29(37)14-16-30)36(35(40)43)17-19-39(20-18-36)33-21-28-11-5-9-27-10-6-12-32(33)34(27)28;;/h2-16,25,31,33,38,42H,17-24H2,1H3;1H4;1H2/t25-,31-,33+;;/m1../s1. The summed E-state index contributed by atoms with van der Waals surface area (Å²) in [7, 11) is 0. The molecule has 0 bridgehead atoms. The van der Waals surface area contributed by atoms with Gasteiger partial charge in [0.2, 0.25) is 5.91 Å². The van der Waals surface area contributed by atoms with Gasteiger partial charge in [0, 0.05) is 44.0 Å². The fourth-order valence-corrected chi connectivity index (χ4v) is 7.59. The molecule has 0 radical (unpaired) electrons. The molecule has 1 amide bonds. The lowest BCUT2D eigenvalue weighted by atomic mass is 9.84. The molecule has 8 heteroatoms. The average molecular weight is 629 g/mol. The van der Waals surface area contributed by atoms with E-state index >= 15 is 0 Å². The summed E-state index contributed by atoms with van der Waals surface area (Å²) in [5.74, 6) is -0.234. The summed E-state index contributed by atoms with van der Waals surface area (Å²) >= 11 is 0. The van der Waals surface area contributed by atoms with Crippen LogP contribution < -0.4 is 10.2 Å². The van der Waals surface area contributed by atoms with Gasteiger partial charge >= 0.3 is 0 Å². The molecule has 2 heterocycles. The van der Waals surface area contributed by atoms with Crippen molar-refractivity contribution in [2.45, 2.75) is 57.3 Å². The molecule has 2 fully saturated rings. The molecule has 4 aromatic carbocycles. The van der Waals surface area contributed by atoms with Gasteiger partial charge in [-0.1, -0.05) is 74.2 Å². The second kappa shape index (κ2) is 13.5. The topological polar surface area (TPSA) is 59.1 Å². The molecule has 45 heavy (non-hydrogen) atoms. The number of piperidine rings is 1. The van der Waals surface area contributed by atoms with E-state index < -0.39 is 11.6 Å². The summed E-state index contributed by atoms with van der Waals surface area (Å²) in [6.07, 6.45) is 1.65. The number of anilines is 1. The molecule has 6 nitrogen and oxygen atoms in total. The highest BCUT2D eigenvalue weighted by Crippen LogP contribution is 2.45. The zero-order valence-electron chi connectivity index (χ0n) is 25.1. The highest BCUT2D eigenvalue weighted by atomic mass is 32.1. The zero-order valence-corrected chi connectivity index (χ0v) is 26.1. The van der Waals surface area contributed by atoms with Crippen molar-refractivity contribution in [3.05, 3.63) is 114 Å². The second-order valence-corrected chi connectivity index (χ2v) is 12.4. The van der Waals surface area contributed by atoms with Gasteiger partial charge in [-0.2, -0.15) is 13.5 Å². The Labute approximate surface area is 273 Å². The summed E-state index contributed by atoms with van der Waals surface area (Å²) in [5.41, 5.74) is 4.07. The smallest absolute Gasteiger partial charge is 0.250 e. The number of aliphatic hydroxyl groups excluding tert-OH is 1. The van der Waals surface area contributed by atoms with E-state index in [0.29, 0.717) is 32.1 Å². The largest absolute Gasteiger partial charge is 0.390 e. The molecular weight excluding hydrogens is 583 g/mol. The number of carbonyl (C=O) groups excluding carboxylic acids is 1. The maximum atomic E-state index is 14.2. The number of hydrogen-bond acceptors (Lipinski definition) is 5. The number of aliphatic hydroxyl groups is 1. The Kier molecular flexibility index (Phi) is 9.89. The minimum atomic E-state index is -0.712. The Morgan fingerprint density at radius 2 is 1.64 bits per heavy atom. The van der Waals surface area contributed by atoms with E-state index in [1.807, 2.05) is 18.2 Å². The van der Waals surface area contributed by atoms with Crippen molar-refractivity contribution >= 4 is 35.9 Å². The van der Waals surface area contributed by atoms with Gasteiger partial charge in [0.25, 0.3) is 0 Å². The first-order valence-corrected chi connectivity index (χ1v) is 15.5. The first kappa shape index (κ1) is 32.9. The minimum Gasteiger partial charge on any atom is -0.390 e. The normalized spacial score (nSPS) is 20.2. The van der Waals surface area contributed by atoms with Crippen molar-refractivity contribution < 1.29 is 14.3 Å². The van der Waals surface area contributed by atoms with E-state index in [0.717, 1.165) is 30.8 Å². The Bertz CT molecular complexity index is 1610. The third kappa shape index (κ3) is 6.09. The van der Waals surface area contributed by atoms with E-state index in [-0.39, 0.29) is 45.2 Å². The van der Waals surface area contributed by atoms with Crippen LogP contribution in [0.2, 0.25) is 0 Å². The summed E-state index contributed by atoms with van der Waals surface area (Å²) in [6, 6.07) is 30.2. The number of carbonyl (C=O) groups is 1. The number of hydrogen-bond donors (Lipinski definition) is 2. The molecule has 4 aromatic rings. The molecule has 238 valence electrons. The van der Waals surface area contributed by atoms with Crippen LogP contribution in [0.1, 0.15) is 56.0 Å². The highest BCUT2D eigenvalue weighted by molar-refractivity contribution is 7.59. The fraction of sp³-hybridized carbons (Fsp3) is 0.378. The van der Waals surface area contributed by atoms with Crippen molar-refractivity contribution in [1.29, 1.82) is 0 Å². The number of likely N-dealkylation sites (tertiary alicyclic amines) is 1. The number of benzene rings is 4. The number of nitrogens with one attached hydrogen (secondary N) is 1. The molecule has 7 rings (SSSR count). The molecule has 1 spiro atoms. The summed E-state index contributed by atoms with van der Waals surface area (Å²) < 4.78 is 13.9.